The summed E-state index contributed by atoms with van der Waals surface area (Å²) in [5, 5.41) is 10.7. The van der Waals surface area contributed by atoms with E-state index in [4.69, 9.17) is 4.99 Å². The van der Waals surface area contributed by atoms with Gasteiger partial charge in [0.1, 0.15) is 5.75 Å². The number of benzene rings is 2. The molecule has 0 aliphatic carbocycles. The van der Waals surface area contributed by atoms with Crippen molar-refractivity contribution in [1.29, 1.82) is 0 Å². The summed E-state index contributed by atoms with van der Waals surface area (Å²) in [5.74, 6) is 0.0449. The summed E-state index contributed by atoms with van der Waals surface area (Å²) in [5.41, 5.74) is 2.63. The maximum atomic E-state index is 12.8. The molecule has 0 bridgehead atoms. The summed E-state index contributed by atoms with van der Waals surface area (Å²) in [7, 11) is 0. The van der Waals surface area contributed by atoms with Crippen LogP contribution in [0.3, 0.4) is 0 Å². The second-order valence-corrected chi connectivity index (χ2v) is 7.66. The number of aromatic hydroxyl groups is 1. The zero-order chi connectivity index (χ0) is 18.7. The zero-order valence-corrected chi connectivity index (χ0v) is 17.0. The first-order chi connectivity index (χ1) is 12.5. The largest absolute Gasteiger partial charge is 0.507 e. The Morgan fingerprint density at radius 2 is 2.00 bits per heavy atom. The number of aryl methyl sites for hydroxylation is 1. The number of thioether (sulfide) groups is 1. The van der Waals surface area contributed by atoms with E-state index in [9.17, 15) is 9.90 Å². The first kappa shape index (κ1) is 18.7. The lowest BCUT2D eigenvalue weighted by molar-refractivity contribution is -0.122. The second kappa shape index (κ2) is 8.10. The van der Waals surface area contributed by atoms with Gasteiger partial charge in [-0.25, -0.2) is 4.99 Å². The van der Waals surface area contributed by atoms with Gasteiger partial charge in [-0.3, -0.25) is 9.69 Å². The van der Waals surface area contributed by atoms with E-state index in [1.165, 1.54) is 11.8 Å². The quantitative estimate of drug-likeness (QED) is 0.665. The van der Waals surface area contributed by atoms with Crippen molar-refractivity contribution in [2.75, 3.05) is 6.54 Å². The van der Waals surface area contributed by atoms with Crippen LogP contribution in [-0.4, -0.2) is 27.6 Å². The van der Waals surface area contributed by atoms with E-state index in [1.54, 1.807) is 29.2 Å². The molecule has 2 aromatic carbocycles. The van der Waals surface area contributed by atoms with Crippen LogP contribution in [0, 0.1) is 0 Å². The number of likely N-dealkylation sites (N-methyl/N-ethyl adjacent to an activating group) is 1. The topological polar surface area (TPSA) is 52.9 Å². The van der Waals surface area contributed by atoms with Crippen LogP contribution in [0.15, 0.2) is 56.8 Å². The highest BCUT2D eigenvalue weighted by molar-refractivity contribution is 9.10. The monoisotopic (exact) mass is 430 g/mol. The number of nitrogens with zero attached hydrogens (tertiary/aromatic N) is 2. The molecule has 1 N–H and O–H groups in total. The van der Waals surface area contributed by atoms with E-state index in [-0.39, 0.29) is 11.7 Å². The Morgan fingerprint density at radius 1 is 1.23 bits per heavy atom. The summed E-state index contributed by atoms with van der Waals surface area (Å²) in [6, 6.07) is 13.1. The number of carbonyl (C=O) groups excluding carboxylic acids is 1. The average Bonchev–Trinajstić information content (AvgIpc) is 2.93. The highest BCUT2D eigenvalue weighted by atomic mass is 79.9. The number of amidine groups is 1. The van der Waals surface area contributed by atoms with E-state index in [0.717, 1.165) is 22.1 Å². The molecule has 0 unspecified atom stereocenters. The Bertz CT molecular complexity index is 908. The lowest BCUT2D eigenvalue weighted by atomic mass is 10.1. The van der Waals surface area contributed by atoms with Gasteiger partial charge in [-0.2, -0.15) is 0 Å². The molecule has 0 aromatic heterocycles. The molecule has 1 amide bonds. The number of carbonyl (C=O) groups is 1. The van der Waals surface area contributed by atoms with E-state index >= 15 is 0 Å². The maximum absolute atomic E-state index is 12.8. The van der Waals surface area contributed by atoms with Crippen molar-refractivity contribution in [3.63, 3.8) is 0 Å². The molecule has 1 aliphatic heterocycles. The fourth-order valence-electron chi connectivity index (χ4n) is 2.67. The number of halogens is 1. The number of hydrogen-bond acceptors (Lipinski definition) is 4. The van der Waals surface area contributed by atoms with Crippen LogP contribution in [0.2, 0.25) is 0 Å². The Kier molecular flexibility index (Phi) is 5.84. The van der Waals surface area contributed by atoms with Gasteiger partial charge >= 0.3 is 0 Å². The van der Waals surface area contributed by atoms with Crippen molar-refractivity contribution in [3.05, 3.63) is 63.0 Å². The highest BCUT2D eigenvalue weighted by Gasteiger charge is 2.32. The minimum Gasteiger partial charge on any atom is -0.507 e. The molecule has 1 saturated heterocycles. The molecular weight excluding hydrogens is 412 g/mol. The number of amides is 1. The lowest BCUT2D eigenvalue weighted by Crippen LogP contribution is -2.28. The Labute approximate surface area is 165 Å². The van der Waals surface area contributed by atoms with Crippen LogP contribution < -0.4 is 0 Å². The molecule has 26 heavy (non-hydrogen) atoms. The molecular formula is C20H19BrN2O2S. The van der Waals surface area contributed by atoms with E-state index < -0.39 is 0 Å². The standard InChI is InChI=1S/C20H19BrN2O2S/c1-3-13-7-5-6-8-16(13)22-20-23(4-2)19(25)18(26-20)12-14-11-15(21)9-10-17(14)24/h5-12,24H,3-4H2,1-2H3/b18-12+,22-20?. The molecule has 0 radical (unpaired) electrons. The summed E-state index contributed by atoms with van der Waals surface area (Å²) in [6.45, 7) is 4.56. The van der Waals surface area contributed by atoms with Gasteiger partial charge in [-0.15, -0.1) is 0 Å². The van der Waals surface area contributed by atoms with Crippen LogP contribution in [0.1, 0.15) is 25.0 Å². The maximum Gasteiger partial charge on any atom is 0.266 e. The van der Waals surface area contributed by atoms with Crippen LogP contribution in [0.4, 0.5) is 5.69 Å². The number of hydrogen-bond donors (Lipinski definition) is 1. The fourth-order valence-corrected chi connectivity index (χ4v) is 4.10. The van der Waals surface area contributed by atoms with Gasteiger partial charge < -0.3 is 5.11 Å². The Morgan fingerprint density at radius 3 is 2.73 bits per heavy atom. The minimum atomic E-state index is -0.0930. The summed E-state index contributed by atoms with van der Waals surface area (Å²) in [6.07, 6.45) is 2.59. The smallest absolute Gasteiger partial charge is 0.266 e. The van der Waals surface area contributed by atoms with Gasteiger partial charge in [0.15, 0.2) is 5.17 Å². The number of para-hydroxylation sites is 1. The summed E-state index contributed by atoms with van der Waals surface area (Å²) >= 11 is 4.73. The van der Waals surface area contributed by atoms with Gasteiger partial charge in [0, 0.05) is 16.6 Å². The Balaban J connectivity index is 1.99. The summed E-state index contributed by atoms with van der Waals surface area (Å²) < 4.78 is 0.843. The summed E-state index contributed by atoms with van der Waals surface area (Å²) in [4.78, 5) is 19.7. The average molecular weight is 431 g/mol. The third-order valence-corrected chi connectivity index (χ3v) is 5.57. The molecule has 1 fully saturated rings. The van der Waals surface area contributed by atoms with E-state index in [2.05, 4.69) is 22.9 Å². The predicted molar refractivity (Wildman–Crippen MR) is 112 cm³/mol. The molecule has 0 spiro atoms. The molecule has 4 nitrogen and oxygen atoms in total. The van der Waals surface area contributed by atoms with Gasteiger partial charge in [0.2, 0.25) is 0 Å². The highest BCUT2D eigenvalue weighted by Crippen LogP contribution is 2.36. The first-order valence-electron chi connectivity index (χ1n) is 8.40. The van der Waals surface area contributed by atoms with Crippen molar-refractivity contribution in [2.24, 2.45) is 4.99 Å². The number of phenolic OH excluding ortho intramolecular Hbond substituents is 1. The third-order valence-electron chi connectivity index (χ3n) is 4.07. The molecule has 3 rings (SSSR count). The minimum absolute atomic E-state index is 0.0930. The normalized spacial score (nSPS) is 17.5. The van der Waals surface area contributed by atoms with Crippen molar-refractivity contribution < 1.29 is 9.90 Å². The molecule has 1 heterocycles. The van der Waals surface area contributed by atoms with Gasteiger partial charge in [0.05, 0.1) is 10.6 Å². The fraction of sp³-hybridized carbons (Fsp3) is 0.200. The number of aliphatic imine (C=N–C) groups is 1. The second-order valence-electron chi connectivity index (χ2n) is 5.74. The molecule has 134 valence electrons. The predicted octanol–water partition coefficient (Wildman–Crippen LogP) is 5.34. The molecule has 2 aromatic rings. The number of rotatable bonds is 4. The molecule has 1 aliphatic rings. The first-order valence-corrected chi connectivity index (χ1v) is 10.0. The van der Waals surface area contributed by atoms with E-state index in [1.807, 2.05) is 31.2 Å². The lowest BCUT2D eigenvalue weighted by Gasteiger charge is -2.12. The van der Waals surface area contributed by atoms with Crippen LogP contribution in [-0.2, 0) is 11.2 Å². The zero-order valence-electron chi connectivity index (χ0n) is 14.6. The number of phenols is 1. The van der Waals surface area contributed by atoms with Gasteiger partial charge in [0.25, 0.3) is 5.91 Å². The van der Waals surface area contributed by atoms with Crippen molar-refractivity contribution in [2.45, 2.75) is 20.3 Å². The van der Waals surface area contributed by atoms with Crippen molar-refractivity contribution >= 4 is 50.5 Å². The third kappa shape index (κ3) is 3.86. The Hall–Kier alpha value is -2.05. The van der Waals surface area contributed by atoms with Crippen molar-refractivity contribution in [1.82, 2.24) is 4.90 Å². The molecule has 0 atom stereocenters. The molecule has 6 heteroatoms. The van der Waals surface area contributed by atoms with Crippen LogP contribution in [0.25, 0.3) is 6.08 Å². The van der Waals surface area contributed by atoms with Gasteiger partial charge in [-0.05, 0) is 61.0 Å². The van der Waals surface area contributed by atoms with Crippen molar-refractivity contribution in [3.8, 4) is 5.75 Å². The van der Waals surface area contributed by atoms with Crippen LogP contribution in [0.5, 0.6) is 5.75 Å². The molecule has 0 saturated carbocycles. The SMILES string of the molecule is CCc1ccccc1N=C1S/C(=C/c2cc(Br)ccc2O)C(=O)N1CC. The van der Waals surface area contributed by atoms with Gasteiger partial charge in [-0.1, -0.05) is 41.1 Å². The van der Waals surface area contributed by atoms with E-state index in [0.29, 0.717) is 22.2 Å². The van der Waals surface area contributed by atoms with Crippen LogP contribution >= 0.6 is 27.7 Å².